The molecule has 1 saturated heterocycles. The van der Waals surface area contributed by atoms with Gasteiger partial charge in [0.05, 0.1) is 5.92 Å². The fraction of sp³-hybridized carbons (Fsp3) is 0.400. The molecule has 1 N–H and O–H groups in total. The Labute approximate surface area is 123 Å². The Morgan fingerprint density at radius 1 is 1.33 bits per heavy atom. The van der Waals surface area contributed by atoms with Gasteiger partial charge in [0.2, 0.25) is 11.8 Å². The van der Waals surface area contributed by atoms with Crippen LogP contribution in [0.3, 0.4) is 0 Å². The third-order valence-corrected chi connectivity index (χ3v) is 3.57. The van der Waals surface area contributed by atoms with Gasteiger partial charge in [-0.1, -0.05) is 17.7 Å². The molecule has 1 aromatic carbocycles. The summed E-state index contributed by atoms with van der Waals surface area (Å²) >= 11 is 0. The molecule has 2 rings (SSSR count). The van der Waals surface area contributed by atoms with E-state index in [0.29, 0.717) is 6.54 Å². The predicted molar refractivity (Wildman–Crippen MR) is 76.9 cm³/mol. The van der Waals surface area contributed by atoms with Crippen LogP contribution in [0.5, 0.6) is 0 Å². The number of anilines is 1. The number of carbonyl (C=O) groups excluding carboxylic acids is 2. The Morgan fingerprint density at radius 2 is 1.95 bits per heavy atom. The quantitative estimate of drug-likeness (QED) is 0.893. The van der Waals surface area contributed by atoms with Crippen LogP contribution < -0.4 is 4.90 Å². The van der Waals surface area contributed by atoms with Gasteiger partial charge in [-0.15, -0.1) is 0 Å². The van der Waals surface area contributed by atoms with Crippen LogP contribution in [-0.4, -0.2) is 47.9 Å². The standard InChI is InChI=1S/C15H18N2O4/c1-10-3-5-12(6-4-10)17-8-11(7-13(17)18)15(21)16(2)9-14(19)20/h3-6,11H,7-9H2,1-2H3,(H,19,20)/t11-/m1/s1. The summed E-state index contributed by atoms with van der Waals surface area (Å²) in [5.74, 6) is -1.96. The number of hydrogen-bond acceptors (Lipinski definition) is 3. The summed E-state index contributed by atoms with van der Waals surface area (Å²) < 4.78 is 0. The number of carbonyl (C=O) groups is 3. The zero-order chi connectivity index (χ0) is 15.6. The second kappa shape index (κ2) is 5.95. The van der Waals surface area contributed by atoms with E-state index < -0.39 is 11.9 Å². The van der Waals surface area contributed by atoms with E-state index in [1.54, 1.807) is 4.90 Å². The summed E-state index contributed by atoms with van der Waals surface area (Å²) in [6.07, 6.45) is 0.122. The van der Waals surface area contributed by atoms with Crippen LogP contribution in [-0.2, 0) is 14.4 Å². The number of carboxylic acids is 1. The van der Waals surface area contributed by atoms with Crippen molar-refractivity contribution in [2.75, 3.05) is 25.0 Å². The molecule has 1 aliphatic heterocycles. The van der Waals surface area contributed by atoms with Crippen LogP contribution in [0.2, 0.25) is 0 Å². The Morgan fingerprint density at radius 3 is 2.52 bits per heavy atom. The molecule has 2 amide bonds. The number of carboxylic acid groups (broad SMARTS) is 1. The predicted octanol–water partition coefficient (Wildman–Crippen LogP) is 0.891. The number of amides is 2. The molecule has 1 aromatic rings. The minimum atomic E-state index is -1.06. The first kappa shape index (κ1) is 15.0. The molecule has 1 atom stereocenters. The number of benzene rings is 1. The summed E-state index contributed by atoms with van der Waals surface area (Å²) in [7, 11) is 1.44. The Hall–Kier alpha value is -2.37. The summed E-state index contributed by atoms with van der Waals surface area (Å²) in [6, 6.07) is 7.52. The first-order valence-corrected chi connectivity index (χ1v) is 6.72. The largest absolute Gasteiger partial charge is 0.480 e. The summed E-state index contributed by atoms with van der Waals surface area (Å²) in [5.41, 5.74) is 1.86. The van der Waals surface area contributed by atoms with Crippen molar-refractivity contribution in [2.45, 2.75) is 13.3 Å². The van der Waals surface area contributed by atoms with Crippen molar-refractivity contribution in [2.24, 2.45) is 5.92 Å². The average Bonchev–Trinajstić information content (AvgIpc) is 2.80. The maximum Gasteiger partial charge on any atom is 0.323 e. The smallest absolute Gasteiger partial charge is 0.323 e. The van der Waals surface area contributed by atoms with E-state index in [1.165, 1.54) is 7.05 Å². The Balaban J connectivity index is 2.07. The minimum Gasteiger partial charge on any atom is -0.480 e. The van der Waals surface area contributed by atoms with Crippen molar-refractivity contribution in [3.05, 3.63) is 29.8 Å². The highest BCUT2D eigenvalue weighted by molar-refractivity contribution is 6.00. The summed E-state index contributed by atoms with van der Waals surface area (Å²) in [5, 5.41) is 8.71. The number of hydrogen-bond donors (Lipinski definition) is 1. The maximum atomic E-state index is 12.1. The molecule has 1 aliphatic rings. The van der Waals surface area contributed by atoms with Gasteiger partial charge in [0.1, 0.15) is 6.54 Å². The molecular weight excluding hydrogens is 272 g/mol. The second-order valence-corrected chi connectivity index (χ2v) is 5.33. The molecule has 1 fully saturated rings. The monoisotopic (exact) mass is 290 g/mol. The van der Waals surface area contributed by atoms with E-state index in [9.17, 15) is 14.4 Å². The zero-order valence-electron chi connectivity index (χ0n) is 12.1. The van der Waals surface area contributed by atoms with Crippen LogP contribution in [0.15, 0.2) is 24.3 Å². The molecule has 112 valence electrons. The number of rotatable bonds is 4. The second-order valence-electron chi connectivity index (χ2n) is 5.33. The lowest BCUT2D eigenvalue weighted by Gasteiger charge is -2.20. The minimum absolute atomic E-state index is 0.110. The normalized spacial score (nSPS) is 17.9. The molecular formula is C15H18N2O4. The van der Waals surface area contributed by atoms with Crippen molar-refractivity contribution < 1.29 is 19.5 Å². The lowest BCUT2D eigenvalue weighted by molar-refractivity contribution is -0.145. The summed E-state index contributed by atoms with van der Waals surface area (Å²) in [4.78, 5) is 37.6. The molecule has 0 saturated carbocycles. The van der Waals surface area contributed by atoms with E-state index in [1.807, 2.05) is 31.2 Å². The topological polar surface area (TPSA) is 77.9 Å². The van der Waals surface area contributed by atoms with Gasteiger partial charge in [-0.3, -0.25) is 14.4 Å². The third-order valence-electron chi connectivity index (χ3n) is 3.57. The van der Waals surface area contributed by atoms with Gasteiger partial charge in [-0.05, 0) is 19.1 Å². The van der Waals surface area contributed by atoms with Crippen LogP contribution in [0, 0.1) is 12.8 Å². The van der Waals surface area contributed by atoms with Crippen molar-refractivity contribution in [3.63, 3.8) is 0 Å². The van der Waals surface area contributed by atoms with E-state index >= 15 is 0 Å². The molecule has 0 radical (unpaired) electrons. The molecule has 6 nitrogen and oxygen atoms in total. The van der Waals surface area contributed by atoms with Crippen LogP contribution >= 0.6 is 0 Å². The maximum absolute atomic E-state index is 12.1. The van der Waals surface area contributed by atoms with Crippen molar-refractivity contribution in [1.29, 1.82) is 0 Å². The van der Waals surface area contributed by atoms with E-state index in [-0.39, 0.29) is 24.8 Å². The lowest BCUT2D eigenvalue weighted by Crippen LogP contribution is -2.37. The SMILES string of the molecule is Cc1ccc(N2C[C@H](C(=O)N(C)CC(=O)O)CC2=O)cc1. The molecule has 0 bridgehead atoms. The van der Waals surface area contributed by atoms with Gasteiger partial charge in [0, 0.05) is 25.7 Å². The summed E-state index contributed by atoms with van der Waals surface area (Å²) in [6.45, 7) is 1.90. The Kier molecular flexibility index (Phi) is 4.26. The highest BCUT2D eigenvalue weighted by Crippen LogP contribution is 2.26. The van der Waals surface area contributed by atoms with Gasteiger partial charge in [0.15, 0.2) is 0 Å². The van der Waals surface area contributed by atoms with Crippen LogP contribution in [0.1, 0.15) is 12.0 Å². The van der Waals surface area contributed by atoms with Crippen LogP contribution in [0.25, 0.3) is 0 Å². The van der Waals surface area contributed by atoms with Crippen molar-refractivity contribution >= 4 is 23.5 Å². The van der Waals surface area contributed by atoms with Gasteiger partial charge >= 0.3 is 5.97 Å². The third kappa shape index (κ3) is 3.39. The van der Waals surface area contributed by atoms with E-state index in [0.717, 1.165) is 16.2 Å². The van der Waals surface area contributed by atoms with E-state index in [2.05, 4.69) is 0 Å². The van der Waals surface area contributed by atoms with Crippen molar-refractivity contribution in [3.8, 4) is 0 Å². The fourth-order valence-electron chi connectivity index (χ4n) is 2.44. The fourth-order valence-corrected chi connectivity index (χ4v) is 2.44. The molecule has 0 spiro atoms. The van der Waals surface area contributed by atoms with Gasteiger partial charge < -0.3 is 14.9 Å². The first-order valence-electron chi connectivity index (χ1n) is 6.72. The van der Waals surface area contributed by atoms with Gasteiger partial charge in [-0.2, -0.15) is 0 Å². The molecule has 0 aliphatic carbocycles. The highest BCUT2D eigenvalue weighted by atomic mass is 16.4. The number of nitrogens with zero attached hydrogens (tertiary/aromatic N) is 2. The zero-order valence-corrected chi connectivity index (χ0v) is 12.1. The number of aliphatic carboxylic acids is 1. The van der Waals surface area contributed by atoms with Crippen LogP contribution in [0.4, 0.5) is 5.69 Å². The molecule has 21 heavy (non-hydrogen) atoms. The molecule has 0 unspecified atom stereocenters. The van der Waals surface area contributed by atoms with Gasteiger partial charge in [0.25, 0.3) is 0 Å². The molecule has 6 heteroatoms. The first-order chi connectivity index (χ1) is 9.88. The van der Waals surface area contributed by atoms with Crippen molar-refractivity contribution in [1.82, 2.24) is 4.90 Å². The molecule has 1 heterocycles. The average molecular weight is 290 g/mol. The molecule has 0 aromatic heterocycles. The number of aryl methyl sites for hydroxylation is 1. The van der Waals surface area contributed by atoms with E-state index in [4.69, 9.17) is 5.11 Å². The van der Waals surface area contributed by atoms with Gasteiger partial charge in [-0.25, -0.2) is 0 Å². The lowest BCUT2D eigenvalue weighted by atomic mass is 10.1. The number of likely N-dealkylation sites (N-methyl/N-ethyl adjacent to an activating group) is 1. The Bertz CT molecular complexity index is 568. The highest BCUT2D eigenvalue weighted by Gasteiger charge is 2.36.